The van der Waals surface area contributed by atoms with Crippen LogP contribution in [0.15, 0.2) is 18.6 Å². The van der Waals surface area contributed by atoms with Crippen molar-refractivity contribution in [1.29, 1.82) is 5.41 Å². The fourth-order valence-electron chi connectivity index (χ4n) is 2.10. The summed E-state index contributed by atoms with van der Waals surface area (Å²) in [5.74, 6) is 0.587. The van der Waals surface area contributed by atoms with Crippen LogP contribution in [-0.4, -0.2) is 64.8 Å². The van der Waals surface area contributed by atoms with Crippen LogP contribution in [0.4, 0.5) is 30.5 Å². The van der Waals surface area contributed by atoms with Crippen LogP contribution in [0.2, 0.25) is 5.28 Å². The second kappa shape index (κ2) is 10.8. The number of rotatable bonds is 11. The topological polar surface area (TPSA) is 118 Å². The second-order valence-corrected chi connectivity index (χ2v) is 5.83. The van der Waals surface area contributed by atoms with E-state index in [1.807, 2.05) is 0 Å². The smallest absolute Gasteiger partial charge is 0.378 e. The van der Waals surface area contributed by atoms with E-state index < -0.39 is 12.8 Å². The predicted octanol–water partition coefficient (Wildman–Crippen LogP) is 3.06. The van der Waals surface area contributed by atoms with Gasteiger partial charge in [-0.05, 0) is 24.6 Å². The second-order valence-electron chi connectivity index (χ2n) is 5.49. The Balaban J connectivity index is 2.23. The maximum atomic E-state index is 12.2. The molecule has 0 aliphatic carbocycles. The first-order valence-corrected chi connectivity index (χ1v) is 8.82. The van der Waals surface area contributed by atoms with Gasteiger partial charge in [0.1, 0.15) is 30.1 Å². The Morgan fingerprint density at radius 1 is 1.28 bits per heavy atom. The van der Waals surface area contributed by atoms with Crippen molar-refractivity contribution in [1.82, 2.24) is 19.9 Å². The lowest BCUT2D eigenvalue weighted by molar-refractivity contribution is -0.172. The van der Waals surface area contributed by atoms with Gasteiger partial charge in [-0.15, -0.1) is 0 Å². The van der Waals surface area contributed by atoms with Crippen LogP contribution in [0.1, 0.15) is 12.6 Å². The molecule has 0 aromatic carbocycles. The molecule has 0 saturated heterocycles. The van der Waals surface area contributed by atoms with Gasteiger partial charge in [-0.1, -0.05) is 0 Å². The van der Waals surface area contributed by atoms with E-state index in [0.29, 0.717) is 12.4 Å². The molecule has 0 bridgehead atoms. The maximum absolute atomic E-state index is 12.2. The van der Waals surface area contributed by atoms with Gasteiger partial charge in [0.2, 0.25) is 5.28 Å². The Morgan fingerprint density at radius 2 is 2.07 bits per heavy atom. The van der Waals surface area contributed by atoms with Gasteiger partial charge in [0.15, 0.2) is 5.82 Å². The van der Waals surface area contributed by atoms with Gasteiger partial charge in [-0.25, -0.2) is 15.0 Å². The molecule has 0 atom stereocenters. The van der Waals surface area contributed by atoms with Gasteiger partial charge in [-0.3, -0.25) is 0 Å². The summed E-state index contributed by atoms with van der Waals surface area (Å²) in [6.45, 7) is 0.559. The van der Waals surface area contributed by atoms with Crippen molar-refractivity contribution in [3.63, 3.8) is 0 Å². The van der Waals surface area contributed by atoms with Crippen LogP contribution >= 0.6 is 11.6 Å². The molecule has 13 heteroatoms. The lowest BCUT2D eigenvalue weighted by atomic mass is 10.2. The van der Waals surface area contributed by atoms with E-state index in [4.69, 9.17) is 21.7 Å². The van der Waals surface area contributed by atoms with Crippen LogP contribution in [0.3, 0.4) is 0 Å². The van der Waals surface area contributed by atoms with Crippen LogP contribution in [-0.2, 0) is 9.47 Å². The fraction of sp³-hybridized carbons (Fsp3) is 0.438. The van der Waals surface area contributed by atoms with Crippen molar-refractivity contribution >= 4 is 34.6 Å². The summed E-state index contributed by atoms with van der Waals surface area (Å²) in [7, 11) is 0. The molecule has 3 N–H and O–H groups in total. The Kier molecular flexibility index (Phi) is 8.49. The van der Waals surface area contributed by atoms with Gasteiger partial charge < -0.3 is 25.5 Å². The van der Waals surface area contributed by atoms with Crippen molar-refractivity contribution in [3.05, 3.63) is 29.6 Å². The monoisotopic (exact) mass is 433 g/mol. The van der Waals surface area contributed by atoms with E-state index in [2.05, 4.69) is 35.3 Å². The quantitative estimate of drug-likeness (QED) is 0.281. The molecule has 2 rings (SSSR count). The first-order chi connectivity index (χ1) is 13.8. The Labute approximate surface area is 169 Å². The normalized spacial score (nSPS) is 11.3. The molecule has 2 aromatic heterocycles. The zero-order valence-electron chi connectivity index (χ0n) is 15.4. The van der Waals surface area contributed by atoms with Gasteiger partial charge in [0, 0.05) is 19.3 Å². The summed E-state index contributed by atoms with van der Waals surface area (Å²) in [5.41, 5.74) is 0.416. The molecule has 158 valence electrons. The van der Waals surface area contributed by atoms with E-state index in [1.165, 1.54) is 12.5 Å². The molecule has 0 unspecified atom stereocenters. The average Bonchev–Trinajstić information content (AvgIpc) is 2.66. The molecule has 0 saturated carbocycles. The summed E-state index contributed by atoms with van der Waals surface area (Å²) in [6, 6.07) is 1.58. The molecule has 0 spiro atoms. The average molecular weight is 434 g/mol. The lowest BCUT2D eigenvalue weighted by Crippen LogP contribution is -2.22. The molecule has 0 amide bonds. The van der Waals surface area contributed by atoms with Gasteiger partial charge in [-0.2, -0.15) is 18.2 Å². The maximum Gasteiger partial charge on any atom is 0.411 e. The molecular weight excluding hydrogens is 415 g/mol. The van der Waals surface area contributed by atoms with Crippen molar-refractivity contribution < 1.29 is 22.6 Å². The number of halogens is 4. The van der Waals surface area contributed by atoms with Gasteiger partial charge >= 0.3 is 6.18 Å². The summed E-state index contributed by atoms with van der Waals surface area (Å²) in [5, 5.41) is 13.9. The summed E-state index contributed by atoms with van der Waals surface area (Å²) in [4.78, 5) is 16.0. The van der Waals surface area contributed by atoms with Crippen LogP contribution in [0.5, 0.6) is 0 Å². The van der Waals surface area contributed by atoms with E-state index in [-0.39, 0.29) is 48.0 Å². The third-order valence-electron chi connectivity index (χ3n) is 3.26. The highest BCUT2D eigenvalue weighted by molar-refractivity contribution is 6.28. The van der Waals surface area contributed by atoms with Crippen molar-refractivity contribution in [2.45, 2.75) is 13.1 Å². The van der Waals surface area contributed by atoms with E-state index in [9.17, 15) is 13.2 Å². The molecule has 0 fully saturated rings. The minimum Gasteiger partial charge on any atom is -0.378 e. The van der Waals surface area contributed by atoms with Gasteiger partial charge in [0.05, 0.1) is 18.9 Å². The third-order valence-corrected chi connectivity index (χ3v) is 3.43. The largest absolute Gasteiger partial charge is 0.411 e. The molecular formula is C16H19ClF3N7O2. The van der Waals surface area contributed by atoms with Crippen molar-refractivity contribution in [2.24, 2.45) is 0 Å². The SMILES string of the molecule is CCOCC(=N)c1nc(Cl)nc(Nc2ccncn2)c1NCCOCC(F)(F)F. The summed E-state index contributed by atoms with van der Waals surface area (Å²) in [6.07, 6.45) is -1.58. The number of anilines is 3. The Bertz CT molecular complexity index is 809. The molecule has 0 radical (unpaired) electrons. The zero-order valence-corrected chi connectivity index (χ0v) is 16.1. The van der Waals surface area contributed by atoms with E-state index in [0.717, 1.165) is 0 Å². The lowest BCUT2D eigenvalue weighted by Gasteiger charge is -2.17. The van der Waals surface area contributed by atoms with Crippen molar-refractivity contribution in [2.75, 3.05) is 43.6 Å². The first kappa shape index (κ1) is 22.7. The highest BCUT2D eigenvalue weighted by Gasteiger charge is 2.27. The third kappa shape index (κ3) is 7.75. The predicted molar refractivity (Wildman–Crippen MR) is 101 cm³/mol. The Hall–Kier alpha value is -2.57. The fourth-order valence-corrected chi connectivity index (χ4v) is 2.27. The highest BCUT2D eigenvalue weighted by Crippen LogP contribution is 2.27. The van der Waals surface area contributed by atoms with Gasteiger partial charge in [0.25, 0.3) is 0 Å². The van der Waals surface area contributed by atoms with Crippen LogP contribution in [0.25, 0.3) is 0 Å². The number of hydrogen-bond donors (Lipinski definition) is 3. The molecule has 2 heterocycles. The standard InChI is InChI=1S/C16H19ClF3N7O2/c1-2-28-7-10(21)12-13(23-5-6-29-8-16(18,19)20)14(27-15(17)26-12)25-11-3-4-22-9-24-11/h3-4,9,21,23H,2,5-8H2,1H3,(H,22,24,25,26,27). The number of ether oxygens (including phenoxy) is 2. The summed E-state index contributed by atoms with van der Waals surface area (Å²) >= 11 is 5.99. The Morgan fingerprint density at radius 3 is 2.72 bits per heavy atom. The summed E-state index contributed by atoms with van der Waals surface area (Å²) < 4.78 is 46.4. The minimum atomic E-state index is -4.41. The van der Waals surface area contributed by atoms with Crippen molar-refractivity contribution in [3.8, 4) is 0 Å². The van der Waals surface area contributed by atoms with E-state index >= 15 is 0 Å². The number of alkyl halides is 3. The van der Waals surface area contributed by atoms with Crippen LogP contribution < -0.4 is 10.6 Å². The molecule has 2 aromatic rings. The zero-order chi connectivity index (χ0) is 21.3. The number of nitrogens with zero attached hydrogens (tertiary/aromatic N) is 4. The minimum absolute atomic E-state index is 0.00837. The molecule has 0 aliphatic rings. The number of nitrogens with one attached hydrogen (secondary N) is 3. The van der Waals surface area contributed by atoms with Crippen LogP contribution in [0, 0.1) is 5.41 Å². The molecule has 9 nitrogen and oxygen atoms in total. The molecule has 29 heavy (non-hydrogen) atoms. The highest BCUT2D eigenvalue weighted by atomic mass is 35.5. The van der Waals surface area contributed by atoms with E-state index in [1.54, 1.807) is 13.0 Å². The molecule has 0 aliphatic heterocycles. The number of hydrogen-bond acceptors (Lipinski definition) is 9. The first-order valence-electron chi connectivity index (χ1n) is 8.44. The number of aromatic nitrogens is 4.